The normalized spacial score (nSPS) is 11.9. The van der Waals surface area contributed by atoms with Gasteiger partial charge in [-0.2, -0.15) is 0 Å². The van der Waals surface area contributed by atoms with Crippen LogP contribution in [0.1, 0.15) is 40.1 Å². The smallest absolute Gasteiger partial charge is 0.255 e. The molecular formula is C23H20BrFN6O. The predicted octanol–water partition coefficient (Wildman–Crippen LogP) is 4.81. The van der Waals surface area contributed by atoms with Crippen molar-refractivity contribution in [1.29, 1.82) is 5.41 Å². The third kappa shape index (κ3) is 4.24. The number of hydrogen-bond donors (Lipinski definition) is 4. The van der Waals surface area contributed by atoms with Crippen molar-refractivity contribution < 1.29 is 9.18 Å². The van der Waals surface area contributed by atoms with Gasteiger partial charge in [-0.25, -0.2) is 14.4 Å². The molecule has 4 rings (SSSR count). The first-order chi connectivity index (χ1) is 15.4. The van der Waals surface area contributed by atoms with Crippen LogP contribution in [0.5, 0.6) is 0 Å². The summed E-state index contributed by atoms with van der Waals surface area (Å²) in [6.45, 7) is 1.90. The lowest BCUT2D eigenvalue weighted by atomic mass is 10.0. The maximum atomic E-state index is 13.6. The Bertz CT molecular complexity index is 1320. The molecule has 0 unspecified atom stereocenters. The van der Waals surface area contributed by atoms with Gasteiger partial charge in [0.25, 0.3) is 5.91 Å². The van der Waals surface area contributed by atoms with Crippen molar-refractivity contribution in [3.63, 3.8) is 0 Å². The van der Waals surface area contributed by atoms with Gasteiger partial charge in [0, 0.05) is 29.0 Å². The van der Waals surface area contributed by atoms with Gasteiger partial charge in [-0.3, -0.25) is 10.2 Å². The van der Waals surface area contributed by atoms with Crippen molar-refractivity contribution in [3.8, 4) is 0 Å². The number of fused-ring (bicyclic) bond motifs is 1. The molecule has 4 aromatic rings. The van der Waals surface area contributed by atoms with Gasteiger partial charge in [-0.1, -0.05) is 28.1 Å². The molecule has 0 saturated heterocycles. The van der Waals surface area contributed by atoms with Crippen molar-refractivity contribution in [2.24, 2.45) is 0 Å². The van der Waals surface area contributed by atoms with Gasteiger partial charge in [-0.15, -0.1) is 0 Å². The lowest BCUT2D eigenvalue weighted by molar-refractivity contribution is 0.0941. The number of rotatable bonds is 6. The van der Waals surface area contributed by atoms with E-state index in [9.17, 15) is 9.18 Å². The lowest BCUT2D eigenvalue weighted by Crippen LogP contribution is -2.26. The van der Waals surface area contributed by atoms with Crippen molar-refractivity contribution >= 4 is 44.4 Å². The van der Waals surface area contributed by atoms with E-state index in [1.54, 1.807) is 13.2 Å². The van der Waals surface area contributed by atoms with Crippen LogP contribution in [0, 0.1) is 11.2 Å². The van der Waals surface area contributed by atoms with E-state index in [1.807, 2.05) is 31.2 Å². The summed E-state index contributed by atoms with van der Waals surface area (Å²) in [5, 5.41) is 14.4. The zero-order valence-electron chi connectivity index (χ0n) is 17.3. The van der Waals surface area contributed by atoms with E-state index in [0.717, 1.165) is 10.0 Å². The molecule has 1 amide bonds. The molecule has 9 heteroatoms. The molecule has 162 valence electrons. The number of aromatic amines is 1. The van der Waals surface area contributed by atoms with Crippen LogP contribution in [0.25, 0.3) is 11.2 Å². The maximum Gasteiger partial charge on any atom is 0.255 e. The van der Waals surface area contributed by atoms with Crippen LogP contribution in [-0.4, -0.2) is 33.6 Å². The second-order valence-corrected chi connectivity index (χ2v) is 8.13. The Kier molecular flexibility index (Phi) is 6.00. The Morgan fingerprint density at radius 3 is 2.66 bits per heavy atom. The standard InChI is InChI=1S/C23H20BrFN6O/c1-12(13-3-5-14(24)6-4-13)30-23(32)17-10-28-22-21(17)31-19(11-29-22)20(26)16-8-7-15(25)9-18(16)27-2/h3-12,26-27H,1-2H3,(H,28,29)(H,30,32)/t12-/m1/s1. The predicted molar refractivity (Wildman–Crippen MR) is 126 cm³/mol. The number of anilines is 1. The minimum atomic E-state index is -0.406. The van der Waals surface area contributed by atoms with Crippen molar-refractivity contribution in [1.82, 2.24) is 20.3 Å². The van der Waals surface area contributed by atoms with E-state index in [1.165, 1.54) is 24.4 Å². The number of aromatic nitrogens is 3. The number of nitrogens with one attached hydrogen (secondary N) is 4. The summed E-state index contributed by atoms with van der Waals surface area (Å²) in [5.74, 6) is -0.709. The zero-order valence-corrected chi connectivity index (χ0v) is 18.9. The SMILES string of the molecule is CNc1cc(F)ccc1C(=N)c1cnc2[nH]cc(C(=O)N[C@H](C)c3ccc(Br)cc3)c2n1. The molecule has 0 fully saturated rings. The average molecular weight is 495 g/mol. The zero-order chi connectivity index (χ0) is 22.8. The number of H-pyrrole nitrogens is 1. The molecular weight excluding hydrogens is 475 g/mol. The molecule has 0 spiro atoms. The number of carbonyl (C=O) groups excluding carboxylic acids is 1. The fourth-order valence-corrected chi connectivity index (χ4v) is 3.64. The number of halogens is 2. The first-order valence-electron chi connectivity index (χ1n) is 9.84. The lowest BCUT2D eigenvalue weighted by Gasteiger charge is -2.14. The summed E-state index contributed by atoms with van der Waals surface area (Å²) in [4.78, 5) is 24.7. The highest BCUT2D eigenvalue weighted by Gasteiger charge is 2.19. The van der Waals surface area contributed by atoms with E-state index < -0.39 is 5.82 Å². The summed E-state index contributed by atoms with van der Waals surface area (Å²) in [6, 6.07) is 11.6. The van der Waals surface area contributed by atoms with Crippen molar-refractivity contribution in [3.05, 3.63) is 87.5 Å². The van der Waals surface area contributed by atoms with E-state index in [-0.39, 0.29) is 23.4 Å². The monoisotopic (exact) mass is 494 g/mol. The number of nitrogens with zero attached hydrogens (tertiary/aromatic N) is 2. The maximum absolute atomic E-state index is 13.6. The molecule has 7 nitrogen and oxygen atoms in total. The van der Waals surface area contributed by atoms with Gasteiger partial charge >= 0.3 is 0 Å². The van der Waals surface area contributed by atoms with Gasteiger partial charge in [0.15, 0.2) is 5.65 Å². The van der Waals surface area contributed by atoms with Crippen LogP contribution in [0.15, 0.2) is 59.3 Å². The van der Waals surface area contributed by atoms with Crippen LogP contribution in [-0.2, 0) is 0 Å². The Balaban J connectivity index is 1.63. The van der Waals surface area contributed by atoms with Crippen LogP contribution >= 0.6 is 15.9 Å². The molecule has 32 heavy (non-hydrogen) atoms. The third-order valence-corrected chi connectivity index (χ3v) is 5.65. The van der Waals surface area contributed by atoms with E-state index in [2.05, 4.69) is 41.5 Å². The van der Waals surface area contributed by atoms with E-state index in [0.29, 0.717) is 28.0 Å². The number of carbonyl (C=O) groups is 1. The summed E-state index contributed by atoms with van der Waals surface area (Å²) in [7, 11) is 1.65. The molecule has 0 bridgehead atoms. The van der Waals surface area contributed by atoms with Crippen LogP contribution in [0.3, 0.4) is 0 Å². The van der Waals surface area contributed by atoms with Crippen LogP contribution < -0.4 is 10.6 Å². The summed E-state index contributed by atoms with van der Waals surface area (Å²) >= 11 is 3.41. The largest absolute Gasteiger partial charge is 0.387 e. The Labute approximate surface area is 192 Å². The van der Waals surface area contributed by atoms with E-state index >= 15 is 0 Å². The highest BCUT2D eigenvalue weighted by molar-refractivity contribution is 9.10. The average Bonchev–Trinajstić information content (AvgIpc) is 3.22. The molecule has 0 aliphatic carbocycles. The first kappa shape index (κ1) is 21.6. The minimum absolute atomic E-state index is 0.0690. The molecule has 2 aromatic carbocycles. The number of amides is 1. The van der Waals surface area contributed by atoms with Crippen molar-refractivity contribution in [2.45, 2.75) is 13.0 Å². The number of hydrogen-bond acceptors (Lipinski definition) is 5. The molecule has 0 saturated carbocycles. The third-order valence-electron chi connectivity index (χ3n) is 5.12. The highest BCUT2D eigenvalue weighted by Crippen LogP contribution is 2.22. The summed E-state index contributed by atoms with van der Waals surface area (Å²) < 4.78 is 14.5. The quantitative estimate of drug-likeness (QED) is 0.288. The van der Waals surface area contributed by atoms with Gasteiger partial charge in [0.2, 0.25) is 0 Å². The molecule has 2 heterocycles. The minimum Gasteiger partial charge on any atom is -0.387 e. The Hall–Kier alpha value is -3.59. The molecule has 2 aromatic heterocycles. The molecule has 0 aliphatic heterocycles. The Morgan fingerprint density at radius 2 is 1.94 bits per heavy atom. The van der Waals surface area contributed by atoms with Crippen LogP contribution in [0.4, 0.5) is 10.1 Å². The second-order valence-electron chi connectivity index (χ2n) is 7.22. The van der Waals surface area contributed by atoms with Gasteiger partial charge in [-0.05, 0) is 42.8 Å². The second kappa shape index (κ2) is 8.88. The topological polar surface area (TPSA) is 107 Å². The van der Waals surface area contributed by atoms with Gasteiger partial charge in [0.05, 0.1) is 23.5 Å². The summed E-state index contributed by atoms with van der Waals surface area (Å²) in [6.07, 6.45) is 3.01. The van der Waals surface area contributed by atoms with Crippen LogP contribution in [0.2, 0.25) is 0 Å². The Morgan fingerprint density at radius 1 is 1.19 bits per heavy atom. The van der Waals surface area contributed by atoms with E-state index in [4.69, 9.17) is 5.41 Å². The molecule has 1 atom stereocenters. The van der Waals surface area contributed by atoms with Gasteiger partial charge in [0.1, 0.15) is 17.0 Å². The molecule has 4 N–H and O–H groups in total. The fourth-order valence-electron chi connectivity index (χ4n) is 3.37. The first-order valence-corrected chi connectivity index (χ1v) is 10.6. The highest BCUT2D eigenvalue weighted by atomic mass is 79.9. The molecule has 0 radical (unpaired) electrons. The fraction of sp³-hybridized carbons (Fsp3) is 0.130. The number of benzene rings is 2. The van der Waals surface area contributed by atoms with Crippen molar-refractivity contribution in [2.75, 3.05) is 12.4 Å². The summed E-state index contributed by atoms with van der Waals surface area (Å²) in [5.41, 5.74) is 3.39. The van der Waals surface area contributed by atoms with Gasteiger partial charge < -0.3 is 15.6 Å². The molecule has 0 aliphatic rings.